The Morgan fingerprint density at radius 1 is 0.903 bits per heavy atom. The second-order valence-corrected chi connectivity index (χ2v) is 7.98. The number of fused-ring (bicyclic) bond motifs is 1. The van der Waals surface area contributed by atoms with Gasteiger partial charge in [0.15, 0.2) is 12.4 Å². The molecule has 1 N–H and O–H groups in total. The van der Waals surface area contributed by atoms with Gasteiger partial charge in [0.25, 0.3) is 5.91 Å². The van der Waals surface area contributed by atoms with Crippen LogP contribution < -0.4 is 5.32 Å². The van der Waals surface area contributed by atoms with Crippen molar-refractivity contribution in [2.75, 3.05) is 11.9 Å². The molecule has 164 valence electrons. The van der Waals surface area contributed by atoms with Gasteiger partial charge in [0.1, 0.15) is 0 Å². The topological polar surface area (TPSA) is 72.5 Å². The Morgan fingerprint density at radius 2 is 1.58 bits per heavy atom. The molecule has 0 bridgehead atoms. The lowest BCUT2D eigenvalue weighted by Gasteiger charge is -2.16. The van der Waals surface area contributed by atoms with Gasteiger partial charge in [0, 0.05) is 17.7 Å². The van der Waals surface area contributed by atoms with Gasteiger partial charge in [-0.1, -0.05) is 44.2 Å². The summed E-state index contributed by atoms with van der Waals surface area (Å²) in [5.41, 5.74) is 6.12. The van der Waals surface area contributed by atoms with Crippen LogP contribution in [0.15, 0.2) is 36.4 Å². The maximum Gasteiger partial charge on any atom is 0.306 e. The number of anilines is 1. The van der Waals surface area contributed by atoms with Crippen LogP contribution in [0.25, 0.3) is 0 Å². The number of amides is 1. The number of ether oxygens (including phenoxy) is 1. The minimum atomic E-state index is -0.541. The van der Waals surface area contributed by atoms with Gasteiger partial charge >= 0.3 is 5.97 Å². The summed E-state index contributed by atoms with van der Waals surface area (Å²) < 4.78 is 5.10. The largest absolute Gasteiger partial charge is 0.456 e. The van der Waals surface area contributed by atoms with Gasteiger partial charge in [0.2, 0.25) is 0 Å². The van der Waals surface area contributed by atoms with Crippen LogP contribution >= 0.6 is 0 Å². The summed E-state index contributed by atoms with van der Waals surface area (Å²) in [5.74, 6) is -0.981. The summed E-state index contributed by atoms with van der Waals surface area (Å²) in [6, 6.07) is 11.8. The third kappa shape index (κ3) is 6.03. The Labute approximate surface area is 184 Å². The van der Waals surface area contributed by atoms with Gasteiger partial charge in [-0.2, -0.15) is 0 Å². The molecule has 1 aliphatic rings. The van der Waals surface area contributed by atoms with E-state index in [1.165, 1.54) is 17.5 Å². The van der Waals surface area contributed by atoms with Gasteiger partial charge in [0.05, 0.1) is 6.42 Å². The summed E-state index contributed by atoms with van der Waals surface area (Å²) in [6.07, 6.45) is 6.08. The number of aryl methyl sites for hydroxylation is 4. The third-order valence-corrected chi connectivity index (χ3v) is 5.85. The molecule has 3 rings (SSSR count). The first-order chi connectivity index (χ1) is 15.0. The summed E-state index contributed by atoms with van der Waals surface area (Å²) in [7, 11) is 0. The van der Waals surface area contributed by atoms with E-state index in [0.717, 1.165) is 48.9 Å². The van der Waals surface area contributed by atoms with Crippen LogP contribution in [-0.4, -0.2) is 24.3 Å². The zero-order valence-electron chi connectivity index (χ0n) is 18.5. The number of para-hydroxylation sites is 1. The van der Waals surface area contributed by atoms with Gasteiger partial charge in [-0.25, -0.2) is 0 Å². The number of hydrogen-bond donors (Lipinski definition) is 1. The molecule has 0 saturated heterocycles. The van der Waals surface area contributed by atoms with Crippen LogP contribution in [0.2, 0.25) is 0 Å². The predicted molar refractivity (Wildman–Crippen MR) is 121 cm³/mol. The summed E-state index contributed by atoms with van der Waals surface area (Å²) in [4.78, 5) is 36.8. The monoisotopic (exact) mass is 421 g/mol. The van der Waals surface area contributed by atoms with Crippen molar-refractivity contribution in [1.82, 2.24) is 0 Å². The Hall–Kier alpha value is -2.95. The highest BCUT2D eigenvalue weighted by Gasteiger charge is 2.16. The molecule has 2 aromatic rings. The fourth-order valence-corrected chi connectivity index (χ4v) is 4.06. The number of hydrogen-bond acceptors (Lipinski definition) is 4. The quantitative estimate of drug-likeness (QED) is 0.465. The normalized spacial score (nSPS) is 12.7. The molecule has 0 radical (unpaired) electrons. The Morgan fingerprint density at radius 3 is 2.26 bits per heavy atom. The van der Waals surface area contributed by atoms with E-state index in [0.29, 0.717) is 5.56 Å². The van der Waals surface area contributed by atoms with Crippen molar-refractivity contribution in [2.45, 2.75) is 65.2 Å². The first-order valence-corrected chi connectivity index (χ1v) is 11.2. The third-order valence-electron chi connectivity index (χ3n) is 5.85. The maximum atomic E-state index is 12.5. The highest BCUT2D eigenvalue weighted by atomic mass is 16.5. The molecule has 5 nitrogen and oxygen atoms in total. The molecular formula is C26H31NO4. The van der Waals surface area contributed by atoms with Crippen molar-refractivity contribution >= 4 is 23.3 Å². The summed E-state index contributed by atoms with van der Waals surface area (Å²) in [5, 5.41) is 2.87. The fraction of sp³-hybridized carbons (Fsp3) is 0.423. The Bertz CT molecular complexity index is 942. The van der Waals surface area contributed by atoms with E-state index >= 15 is 0 Å². The lowest BCUT2D eigenvalue weighted by Crippen LogP contribution is -2.22. The van der Waals surface area contributed by atoms with E-state index in [4.69, 9.17) is 4.74 Å². The zero-order valence-corrected chi connectivity index (χ0v) is 18.5. The van der Waals surface area contributed by atoms with Gasteiger partial charge < -0.3 is 10.1 Å². The second kappa shape index (κ2) is 10.9. The van der Waals surface area contributed by atoms with Crippen molar-refractivity contribution < 1.29 is 19.1 Å². The lowest BCUT2D eigenvalue weighted by atomic mass is 9.89. The van der Waals surface area contributed by atoms with E-state index in [1.807, 2.05) is 50.2 Å². The van der Waals surface area contributed by atoms with Crippen LogP contribution in [0, 0.1) is 0 Å². The van der Waals surface area contributed by atoms with Crippen molar-refractivity contribution in [2.24, 2.45) is 0 Å². The SMILES string of the molecule is CCc1cccc(CC)c1NC(=O)COC(=O)CCC(=O)c1ccc2c(c1)CCCC2. The van der Waals surface area contributed by atoms with Crippen LogP contribution in [0.3, 0.4) is 0 Å². The molecule has 0 atom stereocenters. The van der Waals surface area contributed by atoms with E-state index < -0.39 is 5.97 Å². The molecule has 5 heteroatoms. The molecular weight excluding hydrogens is 390 g/mol. The molecule has 0 heterocycles. The van der Waals surface area contributed by atoms with Crippen LogP contribution in [0.5, 0.6) is 0 Å². The smallest absolute Gasteiger partial charge is 0.306 e. The van der Waals surface area contributed by atoms with E-state index in [9.17, 15) is 14.4 Å². The number of Topliss-reactive ketones (excluding diaryl/α,β-unsaturated/α-hetero) is 1. The number of carbonyl (C=O) groups excluding carboxylic acids is 3. The van der Waals surface area contributed by atoms with E-state index in [1.54, 1.807) is 0 Å². The van der Waals surface area contributed by atoms with Crippen molar-refractivity contribution in [3.05, 3.63) is 64.2 Å². The molecule has 2 aromatic carbocycles. The van der Waals surface area contributed by atoms with Crippen LogP contribution in [0.1, 0.15) is 72.1 Å². The van der Waals surface area contributed by atoms with E-state index in [-0.39, 0.29) is 31.1 Å². The molecule has 0 saturated carbocycles. The molecule has 0 fully saturated rings. The number of rotatable bonds is 9. The molecule has 0 aromatic heterocycles. The number of ketones is 1. The summed E-state index contributed by atoms with van der Waals surface area (Å²) in [6.45, 7) is 3.71. The lowest BCUT2D eigenvalue weighted by molar-refractivity contribution is -0.147. The first-order valence-electron chi connectivity index (χ1n) is 11.2. The van der Waals surface area contributed by atoms with Crippen molar-refractivity contribution in [1.29, 1.82) is 0 Å². The number of carbonyl (C=O) groups is 3. The number of esters is 1. The van der Waals surface area contributed by atoms with Gasteiger partial charge in [-0.05, 0) is 66.8 Å². The van der Waals surface area contributed by atoms with Crippen LogP contribution in [-0.2, 0) is 40.0 Å². The summed E-state index contributed by atoms with van der Waals surface area (Å²) >= 11 is 0. The highest BCUT2D eigenvalue weighted by molar-refractivity contribution is 5.98. The maximum absolute atomic E-state index is 12.5. The zero-order chi connectivity index (χ0) is 22.2. The molecule has 0 aliphatic heterocycles. The average molecular weight is 422 g/mol. The first kappa shape index (κ1) is 22.7. The van der Waals surface area contributed by atoms with Crippen LogP contribution in [0.4, 0.5) is 5.69 Å². The standard InChI is InChI=1S/C26H31NO4/c1-3-18-10-7-11-19(4-2)26(18)27-24(29)17-31-25(30)15-14-23(28)22-13-12-20-8-5-6-9-21(20)16-22/h7,10-13,16H,3-6,8-9,14-15,17H2,1-2H3,(H,27,29). The predicted octanol–water partition coefficient (Wildman–Crippen LogP) is 4.84. The van der Waals surface area contributed by atoms with Gasteiger partial charge in [-0.15, -0.1) is 0 Å². The fourth-order valence-electron chi connectivity index (χ4n) is 4.06. The average Bonchev–Trinajstić information content (AvgIpc) is 2.80. The highest BCUT2D eigenvalue weighted by Crippen LogP contribution is 2.24. The van der Waals surface area contributed by atoms with E-state index in [2.05, 4.69) is 5.32 Å². The molecule has 1 aliphatic carbocycles. The minimum absolute atomic E-state index is 0.0328. The number of benzene rings is 2. The Balaban J connectivity index is 1.47. The molecule has 0 unspecified atom stereocenters. The molecule has 31 heavy (non-hydrogen) atoms. The molecule has 1 amide bonds. The van der Waals surface area contributed by atoms with Crippen molar-refractivity contribution in [3.8, 4) is 0 Å². The van der Waals surface area contributed by atoms with Crippen molar-refractivity contribution in [3.63, 3.8) is 0 Å². The molecule has 0 spiro atoms. The number of nitrogens with one attached hydrogen (secondary N) is 1. The minimum Gasteiger partial charge on any atom is -0.456 e. The second-order valence-electron chi connectivity index (χ2n) is 7.98. The van der Waals surface area contributed by atoms with Gasteiger partial charge in [-0.3, -0.25) is 14.4 Å². The Kier molecular flexibility index (Phi) is 7.99.